The summed E-state index contributed by atoms with van der Waals surface area (Å²) >= 11 is 6.12. The highest BCUT2D eigenvalue weighted by Crippen LogP contribution is 2.39. The molecule has 2 unspecified atom stereocenters. The molecule has 0 heterocycles. The molecule has 0 aliphatic carbocycles. The molecule has 0 radical (unpaired) electrons. The van der Waals surface area contributed by atoms with Gasteiger partial charge in [-0.15, -0.1) is 13.2 Å². The number of hydrogen-bond acceptors (Lipinski definition) is 4. The van der Waals surface area contributed by atoms with Gasteiger partial charge in [0, 0.05) is 10.9 Å². The molecule has 0 aliphatic rings. The fourth-order valence-electron chi connectivity index (χ4n) is 4.08. The van der Waals surface area contributed by atoms with Gasteiger partial charge >= 0.3 is 12.3 Å². The lowest BCUT2D eigenvalue weighted by molar-refractivity contribution is -0.274. The standard InChI is InChI=1S/C30H32ClF3O4/c1-5-6-26(21-9-11-23(12-10-21)28(35)38-29(2,3)4)27(22-13-15-24(31)16-14-22)36-19-20-7-17-25(18-8-20)37-30(32,33)34/h7-18,26-27H,5-6,19H2,1-4H3. The van der Waals surface area contributed by atoms with Gasteiger partial charge in [0.15, 0.2) is 0 Å². The van der Waals surface area contributed by atoms with Gasteiger partial charge in [-0.3, -0.25) is 0 Å². The molecule has 3 aromatic rings. The zero-order valence-electron chi connectivity index (χ0n) is 21.8. The minimum absolute atomic E-state index is 0.0540. The molecule has 0 aliphatic heterocycles. The maximum Gasteiger partial charge on any atom is 0.573 e. The number of esters is 1. The average molecular weight is 549 g/mol. The van der Waals surface area contributed by atoms with Gasteiger partial charge in [-0.25, -0.2) is 4.79 Å². The summed E-state index contributed by atoms with van der Waals surface area (Å²) in [5.74, 6) is -0.731. The number of halogens is 4. The van der Waals surface area contributed by atoms with Crippen molar-refractivity contribution >= 4 is 17.6 Å². The fourth-order valence-corrected chi connectivity index (χ4v) is 4.20. The summed E-state index contributed by atoms with van der Waals surface area (Å²) < 4.78 is 53.3. The normalized spacial score (nSPS) is 13.6. The van der Waals surface area contributed by atoms with E-state index in [1.165, 1.54) is 12.1 Å². The van der Waals surface area contributed by atoms with Crippen LogP contribution >= 0.6 is 11.6 Å². The van der Waals surface area contributed by atoms with Crippen LogP contribution in [0.1, 0.15) is 79.6 Å². The van der Waals surface area contributed by atoms with Crippen LogP contribution in [-0.2, 0) is 16.1 Å². The SMILES string of the molecule is CCCC(c1ccc(C(=O)OC(C)(C)C)cc1)C(OCc1ccc(OC(F)(F)F)cc1)c1ccc(Cl)cc1. The van der Waals surface area contributed by atoms with Crippen molar-refractivity contribution in [2.45, 2.75) is 71.1 Å². The third kappa shape index (κ3) is 9.07. The van der Waals surface area contributed by atoms with E-state index < -0.39 is 12.0 Å². The molecule has 0 amide bonds. The second-order valence-corrected chi connectivity index (χ2v) is 10.4. The maximum atomic E-state index is 12.5. The van der Waals surface area contributed by atoms with Crippen LogP contribution in [0.2, 0.25) is 5.02 Å². The number of carbonyl (C=O) groups is 1. The molecule has 4 nitrogen and oxygen atoms in total. The lowest BCUT2D eigenvalue weighted by Crippen LogP contribution is -2.24. The lowest BCUT2D eigenvalue weighted by atomic mass is 9.85. The van der Waals surface area contributed by atoms with Crippen molar-refractivity contribution in [1.29, 1.82) is 0 Å². The van der Waals surface area contributed by atoms with E-state index in [2.05, 4.69) is 11.7 Å². The van der Waals surface area contributed by atoms with Crippen LogP contribution in [0.15, 0.2) is 72.8 Å². The van der Waals surface area contributed by atoms with E-state index in [-0.39, 0.29) is 30.3 Å². The Morgan fingerprint density at radius 2 is 1.45 bits per heavy atom. The Balaban J connectivity index is 1.85. The summed E-state index contributed by atoms with van der Waals surface area (Å²) in [5.41, 5.74) is 2.48. The Labute approximate surface area is 226 Å². The molecule has 0 N–H and O–H groups in total. The Bertz CT molecular complexity index is 1170. The molecule has 0 aromatic heterocycles. The molecule has 0 spiro atoms. The smallest absolute Gasteiger partial charge is 0.456 e. The number of rotatable bonds is 10. The Morgan fingerprint density at radius 3 is 1.97 bits per heavy atom. The van der Waals surface area contributed by atoms with E-state index in [1.54, 1.807) is 36.4 Å². The van der Waals surface area contributed by atoms with Crippen molar-refractivity contribution in [2.75, 3.05) is 0 Å². The van der Waals surface area contributed by atoms with Gasteiger partial charge in [0.1, 0.15) is 11.4 Å². The Hall–Kier alpha value is -3.03. The van der Waals surface area contributed by atoms with Gasteiger partial charge in [0.25, 0.3) is 0 Å². The maximum absolute atomic E-state index is 12.5. The first kappa shape index (κ1) is 29.5. The van der Waals surface area contributed by atoms with E-state index in [1.807, 2.05) is 45.0 Å². The van der Waals surface area contributed by atoms with Gasteiger partial charge in [-0.1, -0.05) is 61.3 Å². The number of benzene rings is 3. The van der Waals surface area contributed by atoms with Crippen LogP contribution in [-0.4, -0.2) is 17.9 Å². The van der Waals surface area contributed by atoms with Gasteiger partial charge in [0.2, 0.25) is 0 Å². The first-order chi connectivity index (χ1) is 17.8. The zero-order valence-corrected chi connectivity index (χ0v) is 22.6. The van der Waals surface area contributed by atoms with Crippen LogP contribution in [0.4, 0.5) is 13.2 Å². The van der Waals surface area contributed by atoms with Crippen molar-refractivity contribution in [3.8, 4) is 5.75 Å². The molecule has 2 atom stereocenters. The van der Waals surface area contributed by atoms with Gasteiger partial charge in [-0.05, 0) is 80.3 Å². The molecule has 8 heteroatoms. The van der Waals surface area contributed by atoms with Crippen LogP contribution in [0.3, 0.4) is 0 Å². The third-order valence-electron chi connectivity index (χ3n) is 5.72. The number of ether oxygens (including phenoxy) is 3. The summed E-state index contributed by atoms with van der Waals surface area (Å²) in [7, 11) is 0. The predicted molar refractivity (Wildman–Crippen MR) is 141 cm³/mol. The van der Waals surface area contributed by atoms with Crippen molar-refractivity contribution in [3.05, 3.63) is 100 Å². The van der Waals surface area contributed by atoms with E-state index in [9.17, 15) is 18.0 Å². The second kappa shape index (κ2) is 12.7. The number of alkyl halides is 3. The number of carbonyl (C=O) groups excluding carboxylic acids is 1. The highest BCUT2D eigenvalue weighted by molar-refractivity contribution is 6.30. The number of hydrogen-bond donors (Lipinski definition) is 0. The van der Waals surface area contributed by atoms with Crippen molar-refractivity contribution in [1.82, 2.24) is 0 Å². The lowest BCUT2D eigenvalue weighted by Gasteiger charge is -2.29. The molecule has 204 valence electrons. The minimum Gasteiger partial charge on any atom is -0.456 e. The van der Waals surface area contributed by atoms with Crippen molar-refractivity contribution < 1.29 is 32.2 Å². The zero-order chi connectivity index (χ0) is 27.9. The van der Waals surface area contributed by atoms with Crippen molar-refractivity contribution in [2.24, 2.45) is 0 Å². The summed E-state index contributed by atoms with van der Waals surface area (Å²) in [6.07, 6.45) is -3.43. The minimum atomic E-state index is -4.75. The van der Waals surface area contributed by atoms with E-state index in [0.29, 0.717) is 16.1 Å². The van der Waals surface area contributed by atoms with E-state index in [0.717, 1.165) is 24.0 Å². The first-order valence-corrected chi connectivity index (χ1v) is 12.8. The molecule has 0 bridgehead atoms. The topological polar surface area (TPSA) is 44.8 Å². The van der Waals surface area contributed by atoms with E-state index in [4.69, 9.17) is 21.1 Å². The van der Waals surface area contributed by atoms with E-state index >= 15 is 0 Å². The molecular formula is C30H32ClF3O4. The second-order valence-electron chi connectivity index (χ2n) is 9.99. The van der Waals surface area contributed by atoms with Crippen molar-refractivity contribution in [3.63, 3.8) is 0 Å². The molecule has 0 saturated carbocycles. The summed E-state index contributed by atoms with van der Waals surface area (Å²) in [6.45, 7) is 7.72. The monoisotopic (exact) mass is 548 g/mol. The fraction of sp³-hybridized carbons (Fsp3) is 0.367. The highest BCUT2D eigenvalue weighted by atomic mass is 35.5. The predicted octanol–water partition coefficient (Wildman–Crippen LogP) is 9.04. The van der Waals surface area contributed by atoms with Gasteiger partial charge in [-0.2, -0.15) is 0 Å². The summed E-state index contributed by atoms with van der Waals surface area (Å²) in [5, 5.41) is 0.599. The summed E-state index contributed by atoms with van der Waals surface area (Å²) in [4.78, 5) is 12.5. The third-order valence-corrected chi connectivity index (χ3v) is 5.98. The van der Waals surface area contributed by atoms with Gasteiger partial charge in [0.05, 0.1) is 18.3 Å². The Kier molecular flexibility index (Phi) is 9.85. The average Bonchev–Trinajstić information content (AvgIpc) is 2.83. The molecule has 3 aromatic carbocycles. The highest BCUT2D eigenvalue weighted by Gasteiger charge is 2.31. The molecule has 3 rings (SSSR count). The molecule has 0 saturated heterocycles. The molecule has 38 heavy (non-hydrogen) atoms. The van der Waals surface area contributed by atoms with Crippen LogP contribution in [0.5, 0.6) is 5.75 Å². The Morgan fingerprint density at radius 1 is 0.868 bits per heavy atom. The molecular weight excluding hydrogens is 517 g/mol. The van der Waals surface area contributed by atoms with Crippen LogP contribution in [0.25, 0.3) is 0 Å². The first-order valence-electron chi connectivity index (χ1n) is 12.4. The summed E-state index contributed by atoms with van der Waals surface area (Å²) in [6, 6.07) is 20.4. The van der Waals surface area contributed by atoms with Crippen LogP contribution in [0, 0.1) is 0 Å². The quantitative estimate of drug-likeness (QED) is 0.237. The molecule has 0 fully saturated rings. The largest absolute Gasteiger partial charge is 0.573 e. The van der Waals surface area contributed by atoms with Crippen LogP contribution < -0.4 is 4.74 Å². The van der Waals surface area contributed by atoms with Gasteiger partial charge < -0.3 is 14.2 Å².